The van der Waals surface area contributed by atoms with E-state index < -0.39 is 0 Å². The number of thiophene rings is 1. The molecular formula is C19H20BrN3O2S. The van der Waals surface area contributed by atoms with Crippen LogP contribution in [0.3, 0.4) is 0 Å². The molecule has 2 aromatic heterocycles. The average Bonchev–Trinajstić information content (AvgIpc) is 3.26. The first-order valence-electron chi connectivity index (χ1n) is 8.16. The quantitative estimate of drug-likeness (QED) is 0.628. The zero-order chi connectivity index (χ0) is 18.7. The number of ether oxygens (including phenoxy) is 1. The second-order valence-electron chi connectivity index (χ2n) is 6.00. The van der Waals surface area contributed by atoms with Gasteiger partial charge in [-0.3, -0.25) is 9.48 Å². The highest BCUT2D eigenvalue weighted by Gasteiger charge is 2.20. The molecule has 1 amide bonds. The molecule has 5 nitrogen and oxygen atoms in total. The number of aryl methyl sites for hydroxylation is 2. The van der Waals surface area contributed by atoms with E-state index in [4.69, 9.17) is 4.74 Å². The predicted octanol–water partition coefficient (Wildman–Crippen LogP) is 4.35. The lowest BCUT2D eigenvalue weighted by molar-refractivity contribution is 0.0948. The van der Waals surface area contributed by atoms with E-state index in [0.717, 1.165) is 21.4 Å². The number of nitrogens with one attached hydrogen (secondary N) is 1. The number of benzene rings is 1. The molecule has 0 radical (unpaired) electrons. The third-order valence-electron chi connectivity index (χ3n) is 4.14. The van der Waals surface area contributed by atoms with Crippen molar-refractivity contribution < 1.29 is 9.53 Å². The summed E-state index contributed by atoms with van der Waals surface area (Å²) in [6, 6.07) is 9.40. The van der Waals surface area contributed by atoms with Crippen LogP contribution in [0.15, 0.2) is 45.6 Å². The Kier molecular flexibility index (Phi) is 5.78. The summed E-state index contributed by atoms with van der Waals surface area (Å²) in [5, 5.41) is 11.8. The third-order valence-corrected chi connectivity index (χ3v) is 5.53. The molecule has 0 spiro atoms. The summed E-state index contributed by atoms with van der Waals surface area (Å²) >= 11 is 5.07. The fourth-order valence-corrected chi connectivity index (χ4v) is 4.00. The molecule has 1 unspecified atom stereocenters. The predicted molar refractivity (Wildman–Crippen MR) is 107 cm³/mol. The molecule has 136 valence electrons. The number of carbonyl (C=O) groups is 1. The van der Waals surface area contributed by atoms with Gasteiger partial charge in [0, 0.05) is 16.7 Å². The Hall–Kier alpha value is -2.12. The first kappa shape index (κ1) is 18.7. The van der Waals surface area contributed by atoms with Crippen LogP contribution in [-0.2, 0) is 0 Å². The third kappa shape index (κ3) is 3.99. The van der Waals surface area contributed by atoms with Gasteiger partial charge in [0.05, 0.1) is 24.4 Å². The number of methoxy groups -OCH3 is 1. The van der Waals surface area contributed by atoms with E-state index in [2.05, 4.69) is 37.8 Å². The SMILES string of the molecule is COc1ccc(Br)c(C(=O)NCC(c2ccsc2)n2nc(C)cc2C)c1. The van der Waals surface area contributed by atoms with Crippen molar-refractivity contribution in [3.8, 4) is 5.75 Å². The molecule has 1 N–H and O–H groups in total. The van der Waals surface area contributed by atoms with E-state index >= 15 is 0 Å². The van der Waals surface area contributed by atoms with Gasteiger partial charge >= 0.3 is 0 Å². The number of amides is 1. The van der Waals surface area contributed by atoms with Crippen molar-refractivity contribution in [2.75, 3.05) is 13.7 Å². The zero-order valence-corrected chi connectivity index (χ0v) is 17.2. The first-order chi connectivity index (χ1) is 12.5. The van der Waals surface area contributed by atoms with Gasteiger partial charge in [0.25, 0.3) is 5.91 Å². The minimum absolute atomic E-state index is 0.0525. The summed E-state index contributed by atoms with van der Waals surface area (Å²) in [6.07, 6.45) is 0. The van der Waals surface area contributed by atoms with Gasteiger partial charge in [0.15, 0.2) is 0 Å². The number of hydrogen-bond donors (Lipinski definition) is 1. The van der Waals surface area contributed by atoms with Crippen molar-refractivity contribution in [2.24, 2.45) is 0 Å². The maximum Gasteiger partial charge on any atom is 0.252 e. The number of aromatic nitrogens is 2. The summed E-state index contributed by atoms with van der Waals surface area (Å²) in [4.78, 5) is 12.7. The van der Waals surface area contributed by atoms with Gasteiger partial charge in [-0.25, -0.2) is 0 Å². The van der Waals surface area contributed by atoms with Gasteiger partial charge in [-0.15, -0.1) is 0 Å². The molecular weight excluding hydrogens is 414 g/mol. The largest absolute Gasteiger partial charge is 0.497 e. The maximum absolute atomic E-state index is 12.7. The highest BCUT2D eigenvalue weighted by molar-refractivity contribution is 9.10. The van der Waals surface area contributed by atoms with Crippen molar-refractivity contribution in [1.29, 1.82) is 0 Å². The Morgan fingerprint density at radius 1 is 1.35 bits per heavy atom. The van der Waals surface area contributed by atoms with Crippen molar-refractivity contribution in [3.63, 3.8) is 0 Å². The Morgan fingerprint density at radius 2 is 2.15 bits per heavy atom. The first-order valence-corrected chi connectivity index (χ1v) is 9.89. The van der Waals surface area contributed by atoms with Crippen LogP contribution in [0.5, 0.6) is 5.75 Å². The number of hydrogen-bond acceptors (Lipinski definition) is 4. The Morgan fingerprint density at radius 3 is 2.77 bits per heavy atom. The summed E-state index contributed by atoms with van der Waals surface area (Å²) in [7, 11) is 1.58. The molecule has 1 aromatic carbocycles. The van der Waals surface area contributed by atoms with Gasteiger partial charge in [-0.1, -0.05) is 0 Å². The molecule has 0 aliphatic heterocycles. The van der Waals surface area contributed by atoms with Crippen molar-refractivity contribution in [2.45, 2.75) is 19.9 Å². The fraction of sp³-hybridized carbons (Fsp3) is 0.263. The molecule has 0 aliphatic rings. The highest BCUT2D eigenvalue weighted by Crippen LogP contribution is 2.24. The van der Waals surface area contributed by atoms with E-state index in [1.807, 2.05) is 42.1 Å². The molecule has 1 atom stereocenters. The molecule has 0 saturated heterocycles. The molecule has 0 aliphatic carbocycles. The lowest BCUT2D eigenvalue weighted by atomic mass is 10.1. The Bertz CT molecular complexity index is 906. The molecule has 0 fully saturated rings. The molecule has 3 aromatic rings. The van der Waals surface area contributed by atoms with Crippen LogP contribution in [0.1, 0.15) is 33.4 Å². The van der Waals surface area contributed by atoms with Crippen molar-refractivity contribution in [3.05, 3.63) is 68.1 Å². The smallest absolute Gasteiger partial charge is 0.252 e. The Labute approximate surface area is 165 Å². The summed E-state index contributed by atoms with van der Waals surface area (Å²) in [5.41, 5.74) is 3.70. The normalized spacial score (nSPS) is 12.0. The van der Waals surface area contributed by atoms with Crippen LogP contribution in [0.25, 0.3) is 0 Å². The Balaban J connectivity index is 1.82. The summed E-state index contributed by atoms with van der Waals surface area (Å²) in [5.74, 6) is 0.490. The van der Waals surface area contributed by atoms with Crippen LogP contribution >= 0.6 is 27.3 Å². The summed E-state index contributed by atoms with van der Waals surface area (Å²) < 4.78 is 7.92. The van der Waals surface area contributed by atoms with E-state index in [0.29, 0.717) is 17.9 Å². The number of carbonyl (C=O) groups excluding carboxylic acids is 1. The molecule has 0 saturated carbocycles. The highest BCUT2D eigenvalue weighted by atomic mass is 79.9. The fourth-order valence-electron chi connectivity index (χ4n) is 2.86. The van der Waals surface area contributed by atoms with Crippen LogP contribution in [0, 0.1) is 13.8 Å². The van der Waals surface area contributed by atoms with Crippen LogP contribution in [-0.4, -0.2) is 29.3 Å². The topological polar surface area (TPSA) is 56.1 Å². The van der Waals surface area contributed by atoms with E-state index in [1.165, 1.54) is 0 Å². The van der Waals surface area contributed by atoms with Gasteiger partial charge in [0.2, 0.25) is 0 Å². The minimum atomic E-state index is -0.155. The number of nitrogens with zero attached hydrogens (tertiary/aromatic N) is 2. The monoisotopic (exact) mass is 433 g/mol. The van der Waals surface area contributed by atoms with E-state index in [1.54, 1.807) is 24.5 Å². The second kappa shape index (κ2) is 8.05. The maximum atomic E-state index is 12.7. The zero-order valence-electron chi connectivity index (χ0n) is 14.8. The van der Waals surface area contributed by atoms with E-state index in [-0.39, 0.29) is 11.9 Å². The van der Waals surface area contributed by atoms with Crippen LogP contribution in [0.2, 0.25) is 0 Å². The summed E-state index contributed by atoms with van der Waals surface area (Å²) in [6.45, 7) is 4.45. The molecule has 7 heteroatoms. The number of rotatable bonds is 6. The van der Waals surface area contributed by atoms with Crippen molar-refractivity contribution in [1.82, 2.24) is 15.1 Å². The van der Waals surface area contributed by atoms with Crippen LogP contribution < -0.4 is 10.1 Å². The number of halogens is 1. The van der Waals surface area contributed by atoms with Gasteiger partial charge in [0.1, 0.15) is 5.75 Å². The van der Waals surface area contributed by atoms with Gasteiger partial charge in [-0.2, -0.15) is 16.4 Å². The lowest BCUT2D eigenvalue weighted by Crippen LogP contribution is -2.32. The molecule has 26 heavy (non-hydrogen) atoms. The van der Waals surface area contributed by atoms with E-state index in [9.17, 15) is 4.79 Å². The van der Waals surface area contributed by atoms with Gasteiger partial charge < -0.3 is 10.1 Å². The molecule has 2 heterocycles. The van der Waals surface area contributed by atoms with Crippen molar-refractivity contribution >= 4 is 33.2 Å². The molecule has 0 bridgehead atoms. The average molecular weight is 434 g/mol. The standard InChI is InChI=1S/C19H20BrN3O2S/c1-12-8-13(2)23(22-12)18(14-6-7-26-11-14)10-21-19(24)16-9-15(25-3)4-5-17(16)20/h4-9,11,18H,10H2,1-3H3,(H,21,24). The second-order valence-corrected chi connectivity index (χ2v) is 7.63. The lowest BCUT2D eigenvalue weighted by Gasteiger charge is -2.19. The minimum Gasteiger partial charge on any atom is -0.497 e. The van der Waals surface area contributed by atoms with Crippen LogP contribution in [0.4, 0.5) is 0 Å². The van der Waals surface area contributed by atoms with Gasteiger partial charge in [-0.05, 0) is 76.4 Å². The molecule has 3 rings (SSSR count).